The van der Waals surface area contributed by atoms with Crippen molar-refractivity contribution in [2.24, 2.45) is 5.73 Å². The number of carboxylic acid groups (broad SMARTS) is 2. The van der Waals surface area contributed by atoms with E-state index < -0.39 is 108 Å². The van der Waals surface area contributed by atoms with Gasteiger partial charge in [-0.15, -0.1) is 0 Å². The maximum absolute atomic E-state index is 12.4. The Hall–Kier alpha value is -9.26. The van der Waals surface area contributed by atoms with Gasteiger partial charge < -0.3 is 95.1 Å². The Morgan fingerprint density at radius 2 is 1.06 bits per heavy atom. The van der Waals surface area contributed by atoms with Crippen LogP contribution in [-0.2, 0) is 68.8 Å². The van der Waals surface area contributed by atoms with Crippen molar-refractivity contribution in [3.8, 4) is 22.5 Å². The topological polar surface area (TPSA) is 508 Å². The van der Waals surface area contributed by atoms with E-state index in [-0.39, 0.29) is 40.8 Å². The van der Waals surface area contributed by atoms with Crippen LogP contribution in [0.5, 0.6) is 0 Å². The minimum Gasteiger partial charge on any atom is -0.479 e. The van der Waals surface area contributed by atoms with Gasteiger partial charge in [-0.3, -0.25) is 28.0 Å². The van der Waals surface area contributed by atoms with E-state index in [1.54, 1.807) is 44.1 Å². The molecule has 0 aliphatic carbocycles. The minimum atomic E-state index is -5.37. The molecule has 2 aromatic carbocycles. The first kappa shape index (κ1) is 76.5. The number of fused-ring (bicyclic) bond motifs is 3. The zero-order valence-corrected chi connectivity index (χ0v) is 56.9. The van der Waals surface area contributed by atoms with E-state index in [1.807, 2.05) is 59.3 Å². The average molecular weight is 1430 g/mol. The number of phosphoric acid groups is 2. The number of carbonyl (C=O) groups excluding carboxylic acids is 3. The largest absolute Gasteiger partial charge is 0.481 e. The number of nitrogens with zero attached hydrogens (tertiary/aromatic N) is 11. The Labute approximate surface area is 570 Å². The number of aromatic nitrogens is 8. The molecule has 37 heteroatoms. The quantitative estimate of drug-likeness (QED) is 0.0483. The fraction of sp³-hybridized carbons (Fsp3) is 0.365. The number of allylic oxidation sites excluding steroid dienone is 1. The number of pyridine rings is 2. The summed E-state index contributed by atoms with van der Waals surface area (Å²) in [4.78, 5) is 101. The third-order valence-electron chi connectivity index (χ3n) is 15.7. The average Bonchev–Trinajstić information content (AvgIpc) is 1.65. The lowest BCUT2D eigenvalue weighted by Crippen LogP contribution is -2.40. The number of aliphatic carboxylic acids is 2. The number of hydrogen-bond acceptors (Lipinski definition) is 25. The number of nitrogens with two attached hydrogens (primary N) is 2. The van der Waals surface area contributed by atoms with Crippen molar-refractivity contribution >= 4 is 73.6 Å². The van der Waals surface area contributed by atoms with Crippen LogP contribution < -0.4 is 11.5 Å². The first-order chi connectivity index (χ1) is 47.0. The second kappa shape index (κ2) is 32.4. The molecule has 0 bridgehead atoms. The summed E-state index contributed by atoms with van der Waals surface area (Å²) in [6, 6.07) is 24.6. The highest BCUT2D eigenvalue weighted by atomic mass is 31.3. The predicted octanol–water partition coefficient (Wildman–Crippen LogP) is 1.69. The van der Waals surface area contributed by atoms with Crippen molar-refractivity contribution in [3.05, 3.63) is 156 Å². The Balaban J connectivity index is 0.000000191. The number of aryl methyl sites for hydroxylation is 4. The monoisotopic (exact) mass is 1430 g/mol. The van der Waals surface area contributed by atoms with E-state index in [0.717, 1.165) is 62.7 Å². The van der Waals surface area contributed by atoms with Crippen molar-refractivity contribution in [3.63, 3.8) is 0 Å². The number of rotatable bonds is 20. The van der Waals surface area contributed by atoms with Crippen LogP contribution >= 0.6 is 15.6 Å². The fourth-order valence-electron chi connectivity index (χ4n) is 10.2. The second-order valence-corrected chi connectivity index (χ2v) is 26.8. The number of carboxylic acids is 2. The molecular weight excluding hydrogens is 1350 g/mol. The smallest absolute Gasteiger partial charge is 0.479 e. The number of imidazole rings is 3. The van der Waals surface area contributed by atoms with Crippen LogP contribution in [-0.4, -0.2) is 230 Å². The number of carbonyl (C=O) groups is 5. The van der Waals surface area contributed by atoms with Gasteiger partial charge in [0, 0.05) is 69.7 Å². The summed E-state index contributed by atoms with van der Waals surface area (Å²) in [5.41, 5.74) is 23.7. The van der Waals surface area contributed by atoms with Crippen LogP contribution in [0.1, 0.15) is 46.3 Å². The van der Waals surface area contributed by atoms with Crippen LogP contribution in [0.4, 0.5) is 5.82 Å². The van der Waals surface area contributed by atoms with E-state index in [0.29, 0.717) is 12.8 Å². The standard InChI is InChI=1S/C21H29N7O14P2.2C19H21N3O.C4H6O6/c22-17-12-19(25-7-24-17)28(8-26-12)21-16(32)14(30)11(41-21)6-39-44(36,37)42-43(34,35)38-5-10-13(29)15(31)20(40-10)27-3-1-2-9(4-27)18(23)33;2*1-13-5-8-15(9-6-13)19-16(11-18(23)21(3)4)22-12-14(2)7-10-17(22)20-19;5-1(3(7)8)2(6)4(9)10/h1,3-4,7-8,10-11,13-16,20-21,29-32H,2,5-6H2,(H2,23,33)(H,34,35)(H,36,37)(H2,22,24,25);2*5-10,12H,11H2,1-4H3;1-2,5-6H,(H,7,8)(H,9,10)/t10-,11-,13-,14-,15-,16-,20-,21-;;;/m1.../s1. The molecule has 6 aromatic heterocycles. The van der Waals surface area contributed by atoms with Gasteiger partial charge in [0.05, 0.1) is 55.2 Å². The van der Waals surface area contributed by atoms with Crippen molar-refractivity contribution in [1.82, 2.24) is 53.0 Å². The summed E-state index contributed by atoms with van der Waals surface area (Å²) in [5, 5.41) is 74.2. The maximum atomic E-state index is 12.4. The number of hydrogen-bond donors (Lipinski definition) is 12. The highest BCUT2D eigenvalue weighted by Crippen LogP contribution is 2.61. The number of aliphatic hydroxyl groups is 6. The molecule has 2 fully saturated rings. The number of ether oxygens (including phenoxy) is 2. The van der Waals surface area contributed by atoms with Gasteiger partial charge in [-0.25, -0.2) is 43.6 Å². The summed E-state index contributed by atoms with van der Waals surface area (Å²) in [7, 11) is -3.61. The van der Waals surface area contributed by atoms with Gasteiger partial charge in [-0.2, -0.15) is 4.31 Å². The fourth-order valence-corrected chi connectivity index (χ4v) is 12.3. The van der Waals surface area contributed by atoms with E-state index in [2.05, 4.69) is 81.6 Å². The lowest BCUT2D eigenvalue weighted by atomic mass is 10.1. The summed E-state index contributed by atoms with van der Waals surface area (Å²) in [5.74, 6) is -4.05. The van der Waals surface area contributed by atoms with Gasteiger partial charge in [-0.05, 0) is 57.4 Å². The van der Waals surface area contributed by atoms with Gasteiger partial charge in [0.2, 0.25) is 17.7 Å². The summed E-state index contributed by atoms with van der Waals surface area (Å²) in [6.07, 6.45) is -4.66. The normalized spacial score (nSPS) is 21.3. The van der Waals surface area contributed by atoms with Crippen LogP contribution in [0.2, 0.25) is 0 Å². The summed E-state index contributed by atoms with van der Waals surface area (Å²) < 4.78 is 54.9. The Kier molecular flexibility index (Phi) is 24.8. The van der Waals surface area contributed by atoms with Crippen molar-refractivity contribution in [1.29, 1.82) is 0 Å². The Bertz CT molecular complexity index is 4280. The van der Waals surface area contributed by atoms with Gasteiger partial charge in [0.1, 0.15) is 59.8 Å². The second-order valence-electron chi connectivity index (χ2n) is 23.8. The van der Waals surface area contributed by atoms with E-state index in [9.17, 15) is 63.3 Å². The SMILES string of the molecule is Cc1ccc(-c2nc3ccc(C)cn3c2CC(=O)N(C)C)cc1.Cc1ccc(-c2nc3ccc(C)cn3c2CC(=O)N(C)C)cc1.NC(=O)C1=CN([C@@H]2O[C@H](COP(=O)(O)OP(=O)(O)OC[C@H]3O[C@@H](n4cnc5c(N)ncnc54)[C@H](O)[C@@H]3O)[C@@H](O)[C@H]2O)C=CC1.O=C(O)C(O)C(O)C(=O)O. The molecule has 14 N–H and O–H groups in total. The number of amides is 3. The number of likely N-dealkylation sites (N-methyl/N-ethyl adjacent to an activating group) is 2. The van der Waals surface area contributed by atoms with Crippen molar-refractivity contribution in [2.75, 3.05) is 47.1 Å². The molecule has 4 unspecified atom stereocenters. The first-order valence-corrected chi connectivity index (χ1v) is 33.4. The molecular formula is C63H77N13O22P2. The zero-order chi connectivity index (χ0) is 73.4. The molecule has 0 saturated carbocycles. The van der Waals surface area contributed by atoms with E-state index in [4.69, 9.17) is 60.4 Å². The van der Waals surface area contributed by atoms with Crippen LogP contribution in [0, 0.1) is 27.7 Å². The van der Waals surface area contributed by atoms with Crippen LogP contribution in [0.15, 0.2) is 122 Å². The molecule has 3 aliphatic rings. The number of primary amides is 1. The molecule has 0 radical (unpaired) electrons. The van der Waals surface area contributed by atoms with Gasteiger partial charge >= 0.3 is 27.6 Å². The Morgan fingerprint density at radius 3 is 1.49 bits per heavy atom. The molecule has 536 valence electrons. The molecule has 3 amide bonds. The highest BCUT2D eigenvalue weighted by molar-refractivity contribution is 7.61. The lowest BCUT2D eigenvalue weighted by molar-refractivity contribution is -0.165. The maximum Gasteiger partial charge on any atom is 0.481 e. The first-order valence-electron chi connectivity index (χ1n) is 30.4. The molecule has 0 spiro atoms. The number of phosphoric ester groups is 2. The molecule has 100 heavy (non-hydrogen) atoms. The number of nitrogen functional groups attached to an aromatic ring is 1. The molecule has 2 saturated heterocycles. The molecule has 11 rings (SSSR count). The molecule has 12 atom stereocenters. The van der Waals surface area contributed by atoms with Crippen LogP contribution in [0.25, 0.3) is 45.0 Å². The predicted molar refractivity (Wildman–Crippen MR) is 354 cm³/mol. The number of anilines is 1. The molecule has 3 aliphatic heterocycles. The Morgan fingerprint density at radius 1 is 0.630 bits per heavy atom. The third kappa shape index (κ3) is 18.6. The lowest BCUT2D eigenvalue weighted by Gasteiger charge is -2.28. The van der Waals surface area contributed by atoms with E-state index >= 15 is 0 Å². The third-order valence-corrected chi connectivity index (χ3v) is 18.3. The van der Waals surface area contributed by atoms with Gasteiger partial charge in [0.25, 0.3) is 0 Å². The van der Waals surface area contributed by atoms with Crippen LogP contribution in [0.3, 0.4) is 0 Å². The van der Waals surface area contributed by atoms with Gasteiger partial charge in [0.15, 0.2) is 36.1 Å². The minimum absolute atomic E-state index is 0.0517. The van der Waals surface area contributed by atoms with E-state index in [1.165, 1.54) is 39.3 Å². The molecule has 35 nitrogen and oxygen atoms in total. The molecule has 8 aromatic rings. The number of aliphatic hydroxyl groups excluding tert-OH is 6. The summed E-state index contributed by atoms with van der Waals surface area (Å²) >= 11 is 0. The highest BCUT2D eigenvalue weighted by Gasteiger charge is 2.49. The van der Waals surface area contributed by atoms with Crippen molar-refractivity contribution in [2.45, 2.75) is 108 Å². The number of benzene rings is 2. The van der Waals surface area contributed by atoms with Crippen molar-refractivity contribution < 1.29 is 107 Å². The van der Waals surface area contributed by atoms with Gasteiger partial charge in [-0.1, -0.05) is 77.9 Å². The molecule has 9 heterocycles. The summed E-state index contributed by atoms with van der Waals surface area (Å²) in [6.45, 7) is 6.43. The zero-order valence-electron chi connectivity index (χ0n) is 55.1.